The van der Waals surface area contributed by atoms with Crippen LogP contribution in [-0.4, -0.2) is 22.3 Å². The van der Waals surface area contributed by atoms with Gasteiger partial charge in [-0.25, -0.2) is 4.68 Å². The number of nitrogens with zero attached hydrogens (tertiary/aromatic N) is 2. The molecule has 0 saturated heterocycles. The molecule has 1 aliphatic rings. The largest absolute Gasteiger partial charge is 0.391 e. The molecule has 23 heavy (non-hydrogen) atoms. The summed E-state index contributed by atoms with van der Waals surface area (Å²) in [5.41, 5.74) is 12.5. The van der Waals surface area contributed by atoms with E-state index >= 15 is 0 Å². The molecule has 9 heteroatoms. The standard InChI is InChI=1S/C8H10O3S.C6H10N4O/c1-6-4-3-5-8(7(6)2)12(9,10)11;7-4-5(8)9-2-1-3-10(9)6(4)11/h3-5H,1-2H3,(H,9,10,11);1-3,7-8H2. The highest BCUT2D eigenvalue weighted by atomic mass is 32.2. The molecule has 0 spiro atoms. The monoisotopic (exact) mass is 340 g/mol. The number of fused-ring (bicyclic) bond motifs is 1. The summed E-state index contributed by atoms with van der Waals surface area (Å²) in [6, 6.07) is 4.78. The second-order valence-electron chi connectivity index (χ2n) is 5.38. The summed E-state index contributed by atoms with van der Waals surface area (Å²) >= 11 is 0. The van der Waals surface area contributed by atoms with E-state index in [2.05, 4.69) is 0 Å². The maximum atomic E-state index is 11.2. The van der Waals surface area contributed by atoms with Crippen molar-refractivity contribution in [3.63, 3.8) is 0 Å². The maximum absolute atomic E-state index is 11.2. The predicted octanol–water partition coefficient (Wildman–Crippen LogP) is 0.768. The molecule has 0 fully saturated rings. The Balaban J connectivity index is 0.000000167. The van der Waals surface area contributed by atoms with Crippen LogP contribution in [0.2, 0.25) is 0 Å². The number of rotatable bonds is 1. The van der Waals surface area contributed by atoms with E-state index in [1.165, 1.54) is 6.07 Å². The van der Waals surface area contributed by atoms with Crippen LogP contribution < -0.4 is 17.0 Å². The summed E-state index contributed by atoms with van der Waals surface area (Å²) in [4.78, 5) is 11.2. The average Bonchev–Trinajstić information content (AvgIpc) is 3.02. The summed E-state index contributed by atoms with van der Waals surface area (Å²) in [5.74, 6) is 0.410. The highest BCUT2D eigenvalue weighted by molar-refractivity contribution is 7.85. The number of nitrogens with two attached hydrogens (primary N) is 2. The Labute approximate surface area is 134 Å². The van der Waals surface area contributed by atoms with Gasteiger partial charge in [0.2, 0.25) is 0 Å². The van der Waals surface area contributed by atoms with E-state index in [4.69, 9.17) is 16.0 Å². The molecule has 2 aromatic rings. The van der Waals surface area contributed by atoms with Gasteiger partial charge in [-0.05, 0) is 37.5 Å². The smallest absolute Gasteiger partial charge is 0.294 e. The minimum Gasteiger partial charge on any atom is -0.391 e. The lowest BCUT2D eigenvalue weighted by molar-refractivity contribution is 0.482. The van der Waals surface area contributed by atoms with Gasteiger partial charge in [0.15, 0.2) is 0 Å². The zero-order valence-corrected chi connectivity index (χ0v) is 13.8. The summed E-state index contributed by atoms with van der Waals surface area (Å²) in [5, 5.41) is 0. The Morgan fingerprint density at radius 3 is 2.26 bits per heavy atom. The number of hydrogen-bond acceptors (Lipinski definition) is 5. The number of aromatic nitrogens is 2. The summed E-state index contributed by atoms with van der Waals surface area (Å²) < 4.78 is 33.6. The third-order valence-corrected chi connectivity index (χ3v) is 4.88. The summed E-state index contributed by atoms with van der Waals surface area (Å²) in [6.45, 7) is 5.00. The highest BCUT2D eigenvalue weighted by Gasteiger charge is 2.18. The van der Waals surface area contributed by atoms with Crippen LogP contribution >= 0.6 is 0 Å². The van der Waals surface area contributed by atoms with E-state index in [1.54, 1.807) is 35.3 Å². The molecule has 8 nitrogen and oxygen atoms in total. The van der Waals surface area contributed by atoms with Crippen molar-refractivity contribution < 1.29 is 13.0 Å². The van der Waals surface area contributed by atoms with E-state index in [1.807, 2.05) is 0 Å². The van der Waals surface area contributed by atoms with Gasteiger partial charge in [0.25, 0.3) is 15.7 Å². The first-order valence-corrected chi connectivity index (χ1v) is 8.47. The molecule has 5 N–H and O–H groups in total. The Morgan fingerprint density at radius 2 is 1.74 bits per heavy atom. The van der Waals surface area contributed by atoms with Gasteiger partial charge in [-0.1, -0.05) is 12.1 Å². The molecule has 1 aliphatic heterocycles. The molecule has 0 amide bonds. The highest BCUT2D eigenvalue weighted by Crippen LogP contribution is 2.17. The molecule has 3 rings (SSSR count). The van der Waals surface area contributed by atoms with Crippen LogP contribution in [0.3, 0.4) is 0 Å². The van der Waals surface area contributed by atoms with Gasteiger partial charge in [-0.3, -0.25) is 14.0 Å². The fraction of sp³-hybridized carbons (Fsp3) is 0.357. The average molecular weight is 340 g/mol. The zero-order chi connectivity index (χ0) is 17.4. The lowest BCUT2D eigenvalue weighted by atomic mass is 10.1. The Hall–Kier alpha value is -2.26. The molecule has 0 bridgehead atoms. The lowest BCUT2D eigenvalue weighted by Crippen LogP contribution is -2.18. The minimum absolute atomic E-state index is 0.0116. The first kappa shape index (κ1) is 17.1. The Bertz CT molecular complexity index is 896. The minimum atomic E-state index is -4.06. The molecule has 1 aromatic heterocycles. The molecular weight excluding hydrogens is 320 g/mol. The van der Waals surface area contributed by atoms with Crippen molar-refractivity contribution >= 4 is 21.6 Å². The van der Waals surface area contributed by atoms with Crippen LogP contribution in [0, 0.1) is 13.8 Å². The molecule has 0 unspecified atom stereocenters. The van der Waals surface area contributed by atoms with Gasteiger partial charge in [-0.2, -0.15) is 8.42 Å². The molecule has 0 aliphatic carbocycles. The van der Waals surface area contributed by atoms with Crippen LogP contribution in [0.5, 0.6) is 0 Å². The Morgan fingerprint density at radius 1 is 1.13 bits per heavy atom. The second kappa shape index (κ2) is 6.09. The first-order valence-electron chi connectivity index (χ1n) is 7.03. The van der Waals surface area contributed by atoms with Crippen LogP contribution in [0.15, 0.2) is 27.9 Å². The van der Waals surface area contributed by atoms with Crippen LogP contribution in [0.4, 0.5) is 11.5 Å². The van der Waals surface area contributed by atoms with Crippen LogP contribution in [-0.2, 0) is 23.2 Å². The molecular formula is C14H20N4O4S. The van der Waals surface area contributed by atoms with Crippen molar-refractivity contribution in [3.05, 3.63) is 39.7 Å². The molecule has 0 atom stereocenters. The third kappa shape index (κ3) is 3.25. The van der Waals surface area contributed by atoms with Crippen molar-refractivity contribution in [3.8, 4) is 0 Å². The molecule has 126 valence electrons. The molecule has 1 aromatic carbocycles. The van der Waals surface area contributed by atoms with Crippen molar-refractivity contribution in [2.45, 2.75) is 38.3 Å². The van der Waals surface area contributed by atoms with Crippen LogP contribution in [0.1, 0.15) is 17.5 Å². The van der Waals surface area contributed by atoms with Gasteiger partial charge < -0.3 is 11.5 Å². The van der Waals surface area contributed by atoms with Crippen molar-refractivity contribution in [2.24, 2.45) is 0 Å². The van der Waals surface area contributed by atoms with Gasteiger partial charge in [0, 0.05) is 13.1 Å². The molecule has 0 radical (unpaired) electrons. The number of hydrogen-bond donors (Lipinski definition) is 3. The van der Waals surface area contributed by atoms with Crippen molar-refractivity contribution in [1.82, 2.24) is 9.36 Å². The van der Waals surface area contributed by atoms with E-state index in [-0.39, 0.29) is 16.1 Å². The van der Waals surface area contributed by atoms with Gasteiger partial charge in [0.1, 0.15) is 11.5 Å². The quantitative estimate of drug-likeness (QED) is 0.657. The summed E-state index contributed by atoms with van der Waals surface area (Å²) in [7, 11) is -4.06. The first-order chi connectivity index (χ1) is 10.6. The SMILES string of the molecule is Cc1cccc(S(=O)(=O)O)c1C.Nc1c(N)n2n(c1=O)CCC2. The normalized spacial score (nSPS) is 13.3. The number of nitrogen functional groups attached to an aromatic ring is 2. The van der Waals surface area contributed by atoms with Gasteiger partial charge in [0.05, 0.1) is 4.90 Å². The fourth-order valence-electron chi connectivity index (χ4n) is 2.46. The fourth-order valence-corrected chi connectivity index (χ4v) is 3.26. The topological polar surface area (TPSA) is 133 Å². The van der Waals surface area contributed by atoms with Crippen LogP contribution in [0.25, 0.3) is 0 Å². The molecule has 2 heterocycles. The second-order valence-corrected chi connectivity index (χ2v) is 6.77. The van der Waals surface area contributed by atoms with E-state index in [0.29, 0.717) is 11.4 Å². The summed E-state index contributed by atoms with van der Waals surface area (Å²) in [6.07, 6.45) is 0.972. The molecule has 0 saturated carbocycles. The van der Waals surface area contributed by atoms with Crippen molar-refractivity contribution in [1.29, 1.82) is 0 Å². The van der Waals surface area contributed by atoms with E-state index < -0.39 is 10.1 Å². The van der Waals surface area contributed by atoms with Gasteiger partial charge in [-0.15, -0.1) is 0 Å². The number of anilines is 2. The third-order valence-electron chi connectivity index (χ3n) is 3.88. The number of benzene rings is 1. The van der Waals surface area contributed by atoms with Crippen molar-refractivity contribution in [2.75, 3.05) is 11.5 Å². The van der Waals surface area contributed by atoms with Gasteiger partial charge >= 0.3 is 0 Å². The number of aryl methyl sites for hydroxylation is 1. The Kier molecular flexibility index (Phi) is 4.53. The predicted molar refractivity (Wildman–Crippen MR) is 87.9 cm³/mol. The maximum Gasteiger partial charge on any atom is 0.294 e. The van der Waals surface area contributed by atoms with E-state index in [0.717, 1.165) is 25.1 Å². The zero-order valence-electron chi connectivity index (χ0n) is 13.0. The van der Waals surface area contributed by atoms with E-state index in [9.17, 15) is 13.2 Å². The lowest BCUT2D eigenvalue weighted by Gasteiger charge is -2.03.